The summed E-state index contributed by atoms with van der Waals surface area (Å²) in [5.41, 5.74) is -0.174. The van der Waals surface area contributed by atoms with Crippen LogP contribution in [0.25, 0.3) is 0 Å². The molecule has 21 heavy (non-hydrogen) atoms. The zero-order valence-electron chi connectivity index (χ0n) is 12.3. The normalized spacial score (nSPS) is 37.0. The molecule has 1 aromatic carbocycles. The molecule has 0 heterocycles. The number of hydrogen-bond donors (Lipinski definition) is 0. The Balaban J connectivity index is 1.74. The van der Waals surface area contributed by atoms with Crippen LogP contribution in [0.1, 0.15) is 54.4 Å². The fourth-order valence-electron chi connectivity index (χ4n) is 5.50. The number of aryl methyl sites for hydroxylation is 1. The lowest BCUT2D eigenvalue weighted by atomic mass is 9.48. The molecule has 4 saturated carbocycles. The van der Waals surface area contributed by atoms with E-state index in [-0.39, 0.29) is 16.9 Å². The highest BCUT2D eigenvalue weighted by Gasteiger charge is 2.54. The first kappa shape index (κ1) is 13.4. The Morgan fingerprint density at radius 1 is 1.00 bits per heavy atom. The van der Waals surface area contributed by atoms with Gasteiger partial charge in [0.1, 0.15) is 0 Å². The molecular formula is C18H20F2O. The van der Waals surface area contributed by atoms with Crippen molar-refractivity contribution in [3.8, 4) is 0 Å². The third-order valence-electron chi connectivity index (χ3n) is 6.04. The lowest BCUT2D eigenvalue weighted by molar-refractivity contribution is -0.0355. The van der Waals surface area contributed by atoms with E-state index in [1.807, 2.05) is 0 Å². The quantitative estimate of drug-likeness (QED) is 0.723. The topological polar surface area (TPSA) is 17.1 Å². The van der Waals surface area contributed by atoms with E-state index >= 15 is 0 Å². The van der Waals surface area contributed by atoms with Crippen molar-refractivity contribution in [2.24, 2.45) is 23.2 Å². The minimum Gasteiger partial charge on any atom is -0.293 e. The zero-order chi connectivity index (χ0) is 14.8. The molecule has 4 aliphatic rings. The van der Waals surface area contributed by atoms with E-state index in [0.29, 0.717) is 17.8 Å². The van der Waals surface area contributed by atoms with E-state index in [2.05, 4.69) is 0 Å². The number of carbonyl (C=O) groups is 1. The number of Topliss-reactive ketones (excluding diaryl/α,β-unsaturated/α-hetero) is 1. The van der Waals surface area contributed by atoms with Crippen molar-refractivity contribution in [3.63, 3.8) is 0 Å². The van der Waals surface area contributed by atoms with Gasteiger partial charge < -0.3 is 0 Å². The lowest BCUT2D eigenvalue weighted by Gasteiger charge is -2.55. The zero-order valence-corrected chi connectivity index (χ0v) is 12.3. The molecule has 0 N–H and O–H groups in total. The molecular weight excluding hydrogens is 270 g/mol. The van der Waals surface area contributed by atoms with Crippen LogP contribution in [-0.4, -0.2) is 5.78 Å². The van der Waals surface area contributed by atoms with Crippen LogP contribution in [0.2, 0.25) is 0 Å². The van der Waals surface area contributed by atoms with Crippen molar-refractivity contribution < 1.29 is 13.6 Å². The van der Waals surface area contributed by atoms with E-state index < -0.39 is 17.0 Å². The summed E-state index contributed by atoms with van der Waals surface area (Å²) in [7, 11) is 0. The van der Waals surface area contributed by atoms with Gasteiger partial charge in [-0.05, 0) is 74.8 Å². The van der Waals surface area contributed by atoms with Crippen LogP contribution in [-0.2, 0) is 0 Å². The molecule has 5 rings (SSSR count). The predicted molar refractivity (Wildman–Crippen MR) is 76.0 cm³/mol. The van der Waals surface area contributed by atoms with E-state index in [0.717, 1.165) is 19.3 Å². The fraction of sp³-hybridized carbons (Fsp3) is 0.611. The Morgan fingerprint density at radius 3 is 2.05 bits per heavy atom. The summed E-state index contributed by atoms with van der Waals surface area (Å²) in [6, 6.07) is 3.00. The summed E-state index contributed by atoms with van der Waals surface area (Å²) in [5, 5.41) is 0. The summed E-state index contributed by atoms with van der Waals surface area (Å²) in [6.45, 7) is 1.53. The highest BCUT2D eigenvalue weighted by Crippen LogP contribution is 2.61. The first-order chi connectivity index (χ1) is 9.98. The molecule has 0 unspecified atom stereocenters. The smallest absolute Gasteiger partial charge is 0.172 e. The van der Waals surface area contributed by atoms with E-state index in [9.17, 15) is 13.6 Å². The molecule has 1 aromatic rings. The summed E-state index contributed by atoms with van der Waals surface area (Å²) < 4.78 is 28.0. The van der Waals surface area contributed by atoms with Crippen LogP contribution in [0.4, 0.5) is 8.78 Å². The molecule has 0 aliphatic heterocycles. The van der Waals surface area contributed by atoms with Crippen LogP contribution in [0.5, 0.6) is 0 Å². The highest BCUT2D eigenvalue weighted by atomic mass is 19.2. The Labute approximate surface area is 123 Å². The monoisotopic (exact) mass is 290 g/mol. The number of carbonyl (C=O) groups excluding carboxylic acids is 1. The molecule has 3 heteroatoms. The van der Waals surface area contributed by atoms with Gasteiger partial charge in [-0.3, -0.25) is 4.79 Å². The van der Waals surface area contributed by atoms with Crippen LogP contribution in [0, 0.1) is 41.7 Å². The predicted octanol–water partition coefficient (Wildman–Crippen LogP) is 4.67. The van der Waals surface area contributed by atoms with Crippen LogP contribution < -0.4 is 0 Å². The number of hydrogen-bond acceptors (Lipinski definition) is 1. The average molecular weight is 290 g/mol. The molecule has 0 saturated heterocycles. The summed E-state index contributed by atoms with van der Waals surface area (Å²) >= 11 is 0. The fourth-order valence-corrected chi connectivity index (χ4v) is 5.50. The minimum atomic E-state index is -0.948. The van der Waals surface area contributed by atoms with Gasteiger partial charge in [-0.2, -0.15) is 0 Å². The van der Waals surface area contributed by atoms with Crippen molar-refractivity contribution in [3.05, 3.63) is 34.9 Å². The molecule has 4 fully saturated rings. The summed E-state index contributed by atoms with van der Waals surface area (Å²) in [5.74, 6) is -0.0880. The molecule has 0 aromatic heterocycles. The van der Waals surface area contributed by atoms with Crippen LogP contribution in [0.3, 0.4) is 0 Å². The Kier molecular flexibility index (Phi) is 2.79. The molecule has 1 nitrogen and oxygen atoms in total. The van der Waals surface area contributed by atoms with Gasteiger partial charge in [-0.15, -0.1) is 0 Å². The molecule has 4 bridgehead atoms. The van der Waals surface area contributed by atoms with E-state index in [4.69, 9.17) is 0 Å². The van der Waals surface area contributed by atoms with Crippen LogP contribution >= 0.6 is 0 Å². The maximum atomic E-state index is 14.2. The van der Waals surface area contributed by atoms with Crippen molar-refractivity contribution in [2.75, 3.05) is 0 Å². The molecule has 0 atom stereocenters. The van der Waals surface area contributed by atoms with Gasteiger partial charge in [-0.1, -0.05) is 6.07 Å². The van der Waals surface area contributed by atoms with E-state index in [1.165, 1.54) is 38.3 Å². The molecule has 0 spiro atoms. The third-order valence-corrected chi connectivity index (χ3v) is 6.04. The average Bonchev–Trinajstić information content (AvgIpc) is 2.43. The van der Waals surface area contributed by atoms with Crippen LogP contribution in [0.15, 0.2) is 12.1 Å². The third kappa shape index (κ3) is 1.89. The second-order valence-corrected chi connectivity index (χ2v) is 7.58. The van der Waals surface area contributed by atoms with Gasteiger partial charge in [0.05, 0.1) is 5.56 Å². The first-order valence-corrected chi connectivity index (χ1v) is 7.98. The van der Waals surface area contributed by atoms with Gasteiger partial charge in [0, 0.05) is 5.41 Å². The Morgan fingerprint density at radius 2 is 1.52 bits per heavy atom. The maximum absolute atomic E-state index is 14.2. The summed E-state index contributed by atoms with van der Waals surface area (Å²) in [6.07, 6.45) is 6.35. The second kappa shape index (κ2) is 4.37. The summed E-state index contributed by atoms with van der Waals surface area (Å²) in [4.78, 5) is 13.0. The molecule has 0 amide bonds. The second-order valence-electron chi connectivity index (χ2n) is 7.58. The highest BCUT2D eigenvalue weighted by molar-refractivity contribution is 6.01. The Bertz CT molecular complexity index is 585. The maximum Gasteiger partial charge on any atom is 0.172 e. The standard InChI is InChI=1S/C18H20F2O/c1-10-2-3-14(16(20)15(10)19)17(21)18-7-11-4-12(8-18)6-13(5-11)9-18/h2-3,11-13H,4-9H2,1H3. The van der Waals surface area contributed by atoms with E-state index in [1.54, 1.807) is 0 Å². The SMILES string of the molecule is Cc1ccc(C(=O)C23CC4CC(CC(C4)C2)C3)c(F)c1F. The van der Waals surface area contributed by atoms with Gasteiger partial charge in [0.15, 0.2) is 17.4 Å². The number of ketones is 1. The first-order valence-electron chi connectivity index (χ1n) is 7.98. The number of rotatable bonds is 2. The van der Waals surface area contributed by atoms with Gasteiger partial charge in [-0.25, -0.2) is 8.78 Å². The van der Waals surface area contributed by atoms with Crippen molar-refractivity contribution in [1.29, 1.82) is 0 Å². The van der Waals surface area contributed by atoms with Crippen molar-refractivity contribution >= 4 is 5.78 Å². The largest absolute Gasteiger partial charge is 0.293 e. The van der Waals surface area contributed by atoms with Gasteiger partial charge in [0.2, 0.25) is 0 Å². The lowest BCUT2D eigenvalue weighted by Crippen LogP contribution is -2.50. The Hall–Kier alpha value is -1.25. The molecule has 112 valence electrons. The van der Waals surface area contributed by atoms with Crippen molar-refractivity contribution in [1.82, 2.24) is 0 Å². The number of halogens is 2. The minimum absolute atomic E-state index is 0.0277. The number of benzene rings is 1. The van der Waals surface area contributed by atoms with Gasteiger partial charge in [0.25, 0.3) is 0 Å². The van der Waals surface area contributed by atoms with Gasteiger partial charge >= 0.3 is 0 Å². The molecule has 4 aliphatic carbocycles. The van der Waals surface area contributed by atoms with Crippen molar-refractivity contribution in [2.45, 2.75) is 45.4 Å². The molecule has 0 radical (unpaired) electrons.